The molecule has 0 N–H and O–H groups in total. The fourth-order valence-electron chi connectivity index (χ4n) is 1.75. The minimum absolute atomic E-state index is 0.674. The largest absolute Gasteiger partial charge is 0.244 e. The van der Waals surface area contributed by atoms with Gasteiger partial charge < -0.3 is 0 Å². The fraction of sp³-hybridized carbons (Fsp3) is 0.889. The van der Waals surface area contributed by atoms with Gasteiger partial charge in [-0.3, -0.25) is 0 Å². The Morgan fingerprint density at radius 2 is 1.80 bits per heavy atom. The van der Waals surface area contributed by atoms with Crippen LogP contribution < -0.4 is 0 Å². The molecule has 0 nitrogen and oxygen atoms in total. The van der Waals surface area contributed by atoms with Gasteiger partial charge in [0.2, 0.25) is 0 Å². The van der Waals surface area contributed by atoms with Crippen molar-refractivity contribution < 1.29 is 4.39 Å². The van der Waals surface area contributed by atoms with E-state index in [4.69, 9.17) is 0 Å². The number of hydrogen-bond acceptors (Lipinski definition) is 0. The van der Waals surface area contributed by atoms with Crippen molar-refractivity contribution in [2.24, 2.45) is 0 Å². The summed E-state index contributed by atoms with van der Waals surface area (Å²) in [5.41, 5.74) is -0.833. The van der Waals surface area contributed by atoms with Crippen LogP contribution in [-0.4, -0.2) is 5.67 Å². The number of alkyl halides is 1. The molecule has 0 aliphatic heterocycles. The van der Waals surface area contributed by atoms with E-state index >= 15 is 0 Å². The van der Waals surface area contributed by atoms with Crippen molar-refractivity contribution in [3.05, 3.63) is 6.92 Å². The summed E-state index contributed by atoms with van der Waals surface area (Å²) in [6, 6.07) is 0. The maximum atomic E-state index is 13.5. The topological polar surface area (TPSA) is 0 Å². The summed E-state index contributed by atoms with van der Waals surface area (Å²) >= 11 is 0. The van der Waals surface area contributed by atoms with Gasteiger partial charge in [-0.05, 0) is 19.3 Å². The van der Waals surface area contributed by atoms with Crippen LogP contribution in [0.1, 0.15) is 44.9 Å². The average molecular weight is 143 g/mol. The first-order chi connectivity index (χ1) is 4.77. The first-order valence-electron chi connectivity index (χ1n) is 4.25. The van der Waals surface area contributed by atoms with Crippen LogP contribution in [0.3, 0.4) is 0 Å². The predicted octanol–water partition coefficient (Wildman–Crippen LogP) is 3.27. The normalized spacial score (nSPS) is 24.6. The van der Waals surface area contributed by atoms with Gasteiger partial charge in [0.25, 0.3) is 0 Å². The molecule has 1 fully saturated rings. The standard InChI is InChI=1S/C9H16F/c1-2-6-9(10)7-4-3-5-8-9/h1-8H2. The van der Waals surface area contributed by atoms with Gasteiger partial charge in [-0.2, -0.15) is 0 Å². The summed E-state index contributed by atoms with van der Waals surface area (Å²) in [5, 5.41) is 0. The van der Waals surface area contributed by atoms with Crippen LogP contribution in [0.5, 0.6) is 0 Å². The number of rotatable bonds is 2. The Morgan fingerprint density at radius 1 is 1.20 bits per heavy atom. The molecule has 0 spiro atoms. The first-order valence-corrected chi connectivity index (χ1v) is 4.25. The smallest absolute Gasteiger partial charge is 0.111 e. The quantitative estimate of drug-likeness (QED) is 0.556. The van der Waals surface area contributed by atoms with E-state index < -0.39 is 5.67 Å². The van der Waals surface area contributed by atoms with E-state index in [1.807, 2.05) is 0 Å². The van der Waals surface area contributed by atoms with E-state index in [0.717, 1.165) is 32.1 Å². The van der Waals surface area contributed by atoms with E-state index in [1.165, 1.54) is 6.42 Å². The van der Waals surface area contributed by atoms with Gasteiger partial charge in [0.15, 0.2) is 0 Å². The summed E-state index contributed by atoms with van der Waals surface area (Å²) < 4.78 is 13.5. The first kappa shape index (κ1) is 8.03. The van der Waals surface area contributed by atoms with Gasteiger partial charge >= 0.3 is 0 Å². The van der Waals surface area contributed by atoms with Gasteiger partial charge in [0, 0.05) is 0 Å². The molecule has 0 aromatic heterocycles. The highest BCUT2D eigenvalue weighted by Crippen LogP contribution is 2.35. The third-order valence-corrected chi connectivity index (χ3v) is 2.37. The van der Waals surface area contributed by atoms with Gasteiger partial charge in [-0.1, -0.05) is 32.6 Å². The molecule has 1 heteroatoms. The Hall–Kier alpha value is -0.0700. The summed E-state index contributed by atoms with van der Waals surface area (Å²) in [4.78, 5) is 0. The Labute approximate surface area is 62.8 Å². The van der Waals surface area contributed by atoms with Crippen molar-refractivity contribution in [2.45, 2.75) is 50.6 Å². The molecule has 0 amide bonds. The van der Waals surface area contributed by atoms with Gasteiger partial charge in [0.1, 0.15) is 5.67 Å². The second-order valence-corrected chi connectivity index (χ2v) is 3.32. The van der Waals surface area contributed by atoms with E-state index in [0.29, 0.717) is 6.42 Å². The van der Waals surface area contributed by atoms with Crippen LogP contribution >= 0.6 is 0 Å². The molecule has 0 bridgehead atoms. The molecule has 0 aromatic rings. The third kappa shape index (κ3) is 1.96. The minimum Gasteiger partial charge on any atom is -0.244 e. The van der Waals surface area contributed by atoms with E-state index in [1.54, 1.807) is 0 Å². The molecular weight excluding hydrogens is 127 g/mol. The van der Waals surface area contributed by atoms with Crippen LogP contribution in [0.2, 0.25) is 0 Å². The van der Waals surface area contributed by atoms with Gasteiger partial charge in [-0.15, -0.1) is 0 Å². The average Bonchev–Trinajstić information content (AvgIpc) is 1.89. The summed E-state index contributed by atoms with van der Waals surface area (Å²) in [6.45, 7) is 3.68. The lowest BCUT2D eigenvalue weighted by atomic mass is 9.83. The van der Waals surface area contributed by atoms with Gasteiger partial charge in [-0.25, -0.2) is 4.39 Å². The van der Waals surface area contributed by atoms with Crippen molar-refractivity contribution >= 4 is 0 Å². The lowest BCUT2D eigenvalue weighted by Crippen LogP contribution is -2.25. The maximum Gasteiger partial charge on any atom is 0.111 e. The molecule has 0 unspecified atom stereocenters. The summed E-state index contributed by atoms with van der Waals surface area (Å²) in [7, 11) is 0. The van der Waals surface area contributed by atoms with Crippen molar-refractivity contribution in [2.75, 3.05) is 0 Å². The number of halogens is 1. The van der Waals surface area contributed by atoms with E-state index in [9.17, 15) is 4.39 Å². The molecule has 0 saturated heterocycles. The molecule has 10 heavy (non-hydrogen) atoms. The van der Waals surface area contributed by atoms with Crippen LogP contribution in [0.15, 0.2) is 0 Å². The van der Waals surface area contributed by atoms with Crippen LogP contribution in [0, 0.1) is 6.92 Å². The summed E-state index contributed by atoms with van der Waals surface area (Å²) in [6.07, 6.45) is 6.37. The lowest BCUT2D eigenvalue weighted by Gasteiger charge is -2.28. The third-order valence-electron chi connectivity index (χ3n) is 2.37. The fourth-order valence-corrected chi connectivity index (χ4v) is 1.75. The van der Waals surface area contributed by atoms with Crippen molar-refractivity contribution in [1.82, 2.24) is 0 Å². The Balaban J connectivity index is 2.32. The zero-order valence-electron chi connectivity index (χ0n) is 6.53. The molecule has 1 aliphatic carbocycles. The Kier molecular flexibility index (Phi) is 2.70. The second kappa shape index (κ2) is 3.36. The monoisotopic (exact) mass is 143 g/mol. The lowest BCUT2D eigenvalue weighted by molar-refractivity contribution is 0.0974. The maximum absolute atomic E-state index is 13.5. The van der Waals surface area contributed by atoms with Gasteiger partial charge in [0.05, 0.1) is 0 Å². The molecule has 59 valence electrons. The molecule has 1 saturated carbocycles. The molecule has 0 atom stereocenters. The summed E-state index contributed by atoms with van der Waals surface area (Å²) in [5.74, 6) is 0. The van der Waals surface area contributed by atoms with E-state index in [2.05, 4.69) is 6.92 Å². The zero-order chi connectivity index (χ0) is 7.45. The Bertz CT molecular complexity index is 87.4. The highest BCUT2D eigenvalue weighted by atomic mass is 19.1. The molecule has 1 aliphatic rings. The molecule has 0 heterocycles. The molecule has 0 aromatic carbocycles. The van der Waals surface area contributed by atoms with Crippen LogP contribution in [-0.2, 0) is 0 Å². The van der Waals surface area contributed by atoms with Crippen molar-refractivity contribution in [3.8, 4) is 0 Å². The molecule has 1 rings (SSSR count). The SMILES string of the molecule is [CH2]CCC1(F)CCCCC1. The highest BCUT2D eigenvalue weighted by molar-refractivity contribution is 4.82. The predicted molar refractivity (Wildman–Crippen MR) is 41.5 cm³/mol. The molecule has 1 radical (unpaired) electrons. The second-order valence-electron chi connectivity index (χ2n) is 3.32. The Morgan fingerprint density at radius 3 is 2.30 bits per heavy atom. The highest BCUT2D eigenvalue weighted by Gasteiger charge is 2.29. The van der Waals surface area contributed by atoms with Crippen molar-refractivity contribution in [3.63, 3.8) is 0 Å². The minimum atomic E-state index is -0.833. The van der Waals surface area contributed by atoms with Crippen LogP contribution in [0.4, 0.5) is 4.39 Å². The number of hydrogen-bond donors (Lipinski definition) is 0. The molecular formula is C9H16F. The van der Waals surface area contributed by atoms with Crippen molar-refractivity contribution in [1.29, 1.82) is 0 Å². The van der Waals surface area contributed by atoms with E-state index in [-0.39, 0.29) is 0 Å². The van der Waals surface area contributed by atoms with Crippen LogP contribution in [0.25, 0.3) is 0 Å². The zero-order valence-corrected chi connectivity index (χ0v) is 6.53.